The number of aryl methyl sites for hydroxylation is 1. The second-order valence-electron chi connectivity index (χ2n) is 7.15. The zero-order chi connectivity index (χ0) is 21.0. The molecule has 0 aromatic heterocycles. The molecule has 1 saturated carbocycles. The minimum Gasteiger partial charge on any atom is -0.495 e. The number of amides is 1. The molecular weight excluding hydrogens is 392 g/mol. The highest BCUT2D eigenvalue weighted by molar-refractivity contribution is 7.89. The molecule has 1 amide bonds. The van der Waals surface area contributed by atoms with Crippen LogP contribution in [0.5, 0.6) is 11.5 Å². The number of carbonyl (C=O) groups is 1. The molecule has 2 aromatic rings. The molecule has 0 spiro atoms. The highest BCUT2D eigenvalue weighted by Crippen LogP contribution is 2.28. The fourth-order valence-corrected chi connectivity index (χ4v) is 4.33. The first-order valence-electron chi connectivity index (χ1n) is 9.45. The zero-order valence-electron chi connectivity index (χ0n) is 16.8. The third kappa shape index (κ3) is 5.48. The summed E-state index contributed by atoms with van der Waals surface area (Å²) in [6, 6.07) is 12.1. The molecule has 2 aromatic carbocycles. The van der Waals surface area contributed by atoms with Gasteiger partial charge in [-0.25, -0.2) is 13.1 Å². The van der Waals surface area contributed by atoms with Crippen LogP contribution in [-0.4, -0.2) is 52.6 Å². The lowest BCUT2D eigenvalue weighted by Gasteiger charge is -2.19. The van der Waals surface area contributed by atoms with E-state index in [-0.39, 0.29) is 28.2 Å². The van der Waals surface area contributed by atoms with Crippen molar-refractivity contribution in [1.82, 2.24) is 9.62 Å². The molecule has 1 aliphatic carbocycles. The quantitative estimate of drug-likeness (QED) is 0.677. The Bertz CT molecular complexity index is 986. The van der Waals surface area contributed by atoms with Crippen LogP contribution in [0.25, 0.3) is 0 Å². The van der Waals surface area contributed by atoms with Gasteiger partial charge in [-0.15, -0.1) is 0 Å². The molecule has 0 saturated heterocycles. The Kier molecular flexibility index (Phi) is 6.44. The number of likely N-dealkylation sites (N-methyl/N-ethyl adjacent to an activating group) is 1. The second kappa shape index (κ2) is 8.84. The number of sulfonamides is 1. The first-order chi connectivity index (χ1) is 13.8. The summed E-state index contributed by atoms with van der Waals surface area (Å²) in [5, 5.41) is 0. The number of nitrogens with one attached hydrogen (secondary N) is 1. The van der Waals surface area contributed by atoms with Crippen molar-refractivity contribution in [3.05, 3.63) is 53.6 Å². The monoisotopic (exact) mass is 418 g/mol. The van der Waals surface area contributed by atoms with Gasteiger partial charge < -0.3 is 14.4 Å². The zero-order valence-corrected chi connectivity index (χ0v) is 17.7. The molecule has 0 bridgehead atoms. The molecule has 0 aliphatic heterocycles. The smallest absolute Gasteiger partial charge is 0.253 e. The topological polar surface area (TPSA) is 84.9 Å². The first-order valence-corrected chi connectivity index (χ1v) is 10.9. The van der Waals surface area contributed by atoms with Crippen LogP contribution < -0.4 is 14.2 Å². The van der Waals surface area contributed by atoms with Crippen LogP contribution in [-0.2, 0) is 10.0 Å². The maximum absolute atomic E-state index is 12.8. The lowest BCUT2D eigenvalue weighted by Crippen LogP contribution is -2.31. The van der Waals surface area contributed by atoms with Crippen molar-refractivity contribution in [3.8, 4) is 11.5 Å². The third-order valence-corrected chi connectivity index (χ3v) is 6.17. The number of methoxy groups -OCH3 is 1. The third-order valence-electron chi connectivity index (χ3n) is 4.63. The molecule has 0 atom stereocenters. The van der Waals surface area contributed by atoms with Gasteiger partial charge in [0, 0.05) is 18.7 Å². The van der Waals surface area contributed by atoms with Gasteiger partial charge in [0.1, 0.15) is 23.0 Å². The number of benzene rings is 2. The fraction of sp³-hybridized carbons (Fsp3) is 0.381. The molecule has 156 valence electrons. The van der Waals surface area contributed by atoms with Gasteiger partial charge in [-0.3, -0.25) is 4.79 Å². The molecule has 0 heterocycles. The van der Waals surface area contributed by atoms with Crippen LogP contribution in [0.2, 0.25) is 0 Å². The standard InChI is InChI=1S/C21H26N2O5S/c1-15-5-4-6-18(13-15)28-12-11-23(2)21(24)16-7-10-19(27-3)20(14-16)29(25,26)22-17-8-9-17/h4-7,10,13-14,17,22H,8-9,11-12H2,1-3H3. The normalized spacial score (nSPS) is 13.8. The van der Waals surface area contributed by atoms with Crippen LogP contribution in [0.4, 0.5) is 0 Å². The molecule has 0 radical (unpaired) electrons. The van der Waals surface area contributed by atoms with Crippen molar-refractivity contribution in [2.24, 2.45) is 0 Å². The average Bonchev–Trinajstić information content (AvgIpc) is 3.50. The number of ether oxygens (including phenoxy) is 2. The summed E-state index contributed by atoms with van der Waals surface area (Å²) < 4.78 is 38.8. The van der Waals surface area contributed by atoms with E-state index in [4.69, 9.17) is 9.47 Å². The van der Waals surface area contributed by atoms with Crippen LogP contribution in [0, 0.1) is 6.92 Å². The Hall–Kier alpha value is -2.58. The van der Waals surface area contributed by atoms with Crippen molar-refractivity contribution in [2.45, 2.75) is 30.7 Å². The number of hydrogen-bond donors (Lipinski definition) is 1. The molecule has 1 fully saturated rings. The van der Waals surface area contributed by atoms with E-state index in [1.165, 1.54) is 24.1 Å². The van der Waals surface area contributed by atoms with Gasteiger partial charge in [-0.2, -0.15) is 0 Å². The maximum Gasteiger partial charge on any atom is 0.253 e. The molecular formula is C21H26N2O5S. The number of hydrogen-bond acceptors (Lipinski definition) is 5. The van der Waals surface area contributed by atoms with E-state index in [9.17, 15) is 13.2 Å². The lowest BCUT2D eigenvalue weighted by molar-refractivity contribution is 0.0773. The van der Waals surface area contributed by atoms with E-state index in [0.29, 0.717) is 13.2 Å². The molecule has 7 nitrogen and oxygen atoms in total. The van der Waals surface area contributed by atoms with E-state index >= 15 is 0 Å². The maximum atomic E-state index is 12.8. The van der Waals surface area contributed by atoms with E-state index in [1.807, 2.05) is 31.2 Å². The molecule has 1 N–H and O–H groups in total. The van der Waals surface area contributed by atoms with Gasteiger partial charge in [0.25, 0.3) is 5.91 Å². The van der Waals surface area contributed by atoms with E-state index in [2.05, 4.69) is 4.72 Å². The fourth-order valence-electron chi connectivity index (χ4n) is 2.83. The molecule has 8 heteroatoms. The van der Waals surface area contributed by atoms with Crippen LogP contribution >= 0.6 is 0 Å². The summed E-state index contributed by atoms with van der Waals surface area (Å²) in [5.74, 6) is 0.665. The highest BCUT2D eigenvalue weighted by Gasteiger charge is 2.30. The molecule has 3 rings (SSSR count). The summed E-state index contributed by atoms with van der Waals surface area (Å²) in [7, 11) is -0.689. The Morgan fingerprint density at radius 2 is 1.97 bits per heavy atom. The van der Waals surface area contributed by atoms with Crippen LogP contribution in [0.1, 0.15) is 28.8 Å². The van der Waals surface area contributed by atoms with Gasteiger partial charge in [0.15, 0.2) is 0 Å². The Morgan fingerprint density at radius 1 is 1.21 bits per heavy atom. The summed E-state index contributed by atoms with van der Waals surface area (Å²) in [6.45, 7) is 2.67. The van der Waals surface area contributed by atoms with Crippen LogP contribution in [0.15, 0.2) is 47.4 Å². The molecule has 29 heavy (non-hydrogen) atoms. The van der Waals surface area contributed by atoms with Gasteiger partial charge in [0.05, 0.1) is 13.7 Å². The second-order valence-corrected chi connectivity index (χ2v) is 8.84. The predicted octanol–water partition coefficient (Wildman–Crippen LogP) is 2.60. The summed E-state index contributed by atoms with van der Waals surface area (Å²) in [5.41, 5.74) is 1.37. The SMILES string of the molecule is COc1ccc(C(=O)N(C)CCOc2cccc(C)c2)cc1S(=O)(=O)NC1CC1. The molecule has 1 aliphatic rings. The molecule has 0 unspecified atom stereocenters. The van der Waals surface area contributed by atoms with Crippen molar-refractivity contribution in [2.75, 3.05) is 27.3 Å². The first kappa shape index (κ1) is 21.1. The summed E-state index contributed by atoms with van der Waals surface area (Å²) in [6.07, 6.45) is 1.65. The van der Waals surface area contributed by atoms with E-state index < -0.39 is 10.0 Å². The minimum absolute atomic E-state index is 0.0258. The van der Waals surface area contributed by atoms with Crippen molar-refractivity contribution < 1.29 is 22.7 Å². The van der Waals surface area contributed by atoms with Gasteiger partial charge in [0.2, 0.25) is 10.0 Å². The number of carbonyl (C=O) groups excluding carboxylic acids is 1. The lowest BCUT2D eigenvalue weighted by atomic mass is 10.2. The van der Waals surface area contributed by atoms with Crippen molar-refractivity contribution >= 4 is 15.9 Å². The number of nitrogens with zero attached hydrogens (tertiary/aromatic N) is 1. The van der Waals surface area contributed by atoms with Crippen molar-refractivity contribution in [3.63, 3.8) is 0 Å². The Labute approximate surface area is 171 Å². The predicted molar refractivity (Wildman–Crippen MR) is 110 cm³/mol. The summed E-state index contributed by atoms with van der Waals surface area (Å²) in [4.78, 5) is 14.2. The Morgan fingerprint density at radius 3 is 2.62 bits per heavy atom. The number of rotatable bonds is 9. The van der Waals surface area contributed by atoms with Crippen molar-refractivity contribution in [1.29, 1.82) is 0 Å². The largest absolute Gasteiger partial charge is 0.495 e. The van der Waals surface area contributed by atoms with E-state index in [1.54, 1.807) is 13.1 Å². The Balaban J connectivity index is 1.68. The highest BCUT2D eigenvalue weighted by atomic mass is 32.2. The van der Waals surface area contributed by atoms with Gasteiger partial charge >= 0.3 is 0 Å². The summed E-state index contributed by atoms with van der Waals surface area (Å²) >= 11 is 0. The minimum atomic E-state index is -3.75. The van der Waals surface area contributed by atoms with E-state index in [0.717, 1.165) is 24.2 Å². The van der Waals surface area contributed by atoms with Crippen LogP contribution in [0.3, 0.4) is 0 Å². The average molecular weight is 419 g/mol. The van der Waals surface area contributed by atoms with Gasteiger partial charge in [-0.05, 0) is 55.7 Å². The van der Waals surface area contributed by atoms with Gasteiger partial charge in [-0.1, -0.05) is 12.1 Å².